The summed E-state index contributed by atoms with van der Waals surface area (Å²) in [7, 11) is 3.42. The Morgan fingerprint density at radius 2 is 1.81 bits per heavy atom. The lowest BCUT2D eigenvalue weighted by Crippen LogP contribution is -2.24. The number of fused-ring (bicyclic) bond motifs is 1. The molecule has 1 aliphatic rings. The maximum atomic E-state index is 12.9. The number of nitrogens with zero attached hydrogens (tertiary/aromatic N) is 2. The Morgan fingerprint density at radius 3 is 2.47 bits per heavy atom. The van der Waals surface area contributed by atoms with Crippen molar-refractivity contribution in [2.45, 2.75) is 25.9 Å². The predicted octanol–water partition coefficient (Wildman–Crippen LogP) is 4.54. The fourth-order valence-electron chi connectivity index (χ4n) is 3.54. The second-order valence-electron chi connectivity index (χ2n) is 8.48. The molecule has 4 rings (SSSR count). The lowest BCUT2D eigenvalue weighted by Gasteiger charge is -2.16. The van der Waals surface area contributed by atoms with Crippen molar-refractivity contribution in [3.8, 4) is 17.2 Å². The number of amides is 2. The Morgan fingerprint density at radius 1 is 1.06 bits per heavy atom. The van der Waals surface area contributed by atoms with Gasteiger partial charge in [-0.15, -0.1) is 0 Å². The SMILES string of the molecule is CN(C)C(=O)c1ccc(Oc2cc(C(=O)Nc3ccccn3)cc3c2CC(C)(C)O3)cc1. The second-order valence-corrected chi connectivity index (χ2v) is 8.48. The van der Waals surface area contributed by atoms with Gasteiger partial charge in [0, 0.05) is 43.4 Å². The first-order valence-electron chi connectivity index (χ1n) is 10.3. The molecule has 3 aromatic rings. The molecule has 0 bridgehead atoms. The summed E-state index contributed by atoms with van der Waals surface area (Å²) in [6, 6.07) is 15.7. The molecule has 2 aromatic carbocycles. The number of nitrogens with one attached hydrogen (secondary N) is 1. The average Bonchev–Trinajstić information content (AvgIpc) is 3.08. The zero-order valence-corrected chi connectivity index (χ0v) is 18.5. The first kappa shape index (κ1) is 21.4. The van der Waals surface area contributed by atoms with Gasteiger partial charge in [-0.05, 0) is 62.4 Å². The van der Waals surface area contributed by atoms with Crippen molar-refractivity contribution < 1.29 is 19.1 Å². The van der Waals surface area contributed by atoms with E-state index in [1.165, 1.54) is 4.90 Å². The standard InChI is InChI=1S/C25H25N3O4/c1-25(2)15-19-20(31-18-10-8-16(9-11-18)24(30)28(3)4)13-17(14-21(19)32-25)23(29)27-22-7-5-6-12-26-22/h5-14H,15H2,1-4H3,(H,26,27,29). The minimum Gasteiger partial charge on any atom is -0.487 e. The molecule has 0 radical (unpaired) electrons. The molecule has 0 saturated heterocycles. The Hall–Kier alpha value is -3.87. The summed E-state index contributed by atoms with van der Waals surface area (Å²) in [4.78, 5) is 30.6. The highest BCUT2D eigenvalue weighted by molar-refractivity contribution is 6.04. The van der Waals surface area contributed by atoms with E-state index in [1.807, 2.05) is 13.8 Å². The molecule has 0 spiro atoms. The highest BCUT2D eigenvalue weighted by atomic mass is 16.5. The summed E-state index contributed by atoms with van der Waals surface area (Å²) in [6.45, 7) is 3.98. The number of benzene rings is 2. The second kappa shape index (κ2) is 8.34. The van der Waals surface area contributed by atoms with E-state index in [0.29, 0.717) is 40.6 Å². The monoisotopic (exact) mass is 431 g/mol. The molecule has 2 amide bonds. The molecule has 1 N–H and O–H groups in total. The quantitative estimate of drug-likeness (QED) is 0.641. The lowest BCUT2D eigenvalue weighted by molar-refractivity contribution is 0.0827. The maximum Gasteiger partial charge on any atom is 0.257 e. The third-order valence-corrected chi connectivity index (χ3v) is 5.06. The average molecular weight is 431 g/mol. The number of hydrogen-bond donors (Lipinski definition) is 1. The largest absolute Gasteiger partial charge is 0.487 e. The van der Waals surface area contributed by atoms with Gasteiger partial charge in [-0.3, -0.25) is 9.59 Å². The third-order valence-electron chi connectivity index (χ3n) is 5.06. The first-order valence-corrected chi connectivity index (χ1v) is 10.3. The molecule has 7 heteroatoms. The van der Waals surface area contributed by atoms with Crippen LogP contribution in [0.4, 0.5) is 5.82 Å². The van der Waals surface area contributed by atoms with Gasteiger partial charge in [0.1, 0.15) is 28.7 Å². The number of aromatic nitrogens is 1. The Kier molecular flexibility index (Phi) is 5.57. The van der Waals surface area contributed by atoms with Gasteiger partial charge >= 0.3 is 0 Å². The van der Waals surface area contributed by atoms with E-state index in [9.17, 15) is 9.59 Å². The normalized spacial score (nSPS) is 13.6. The smallest absolute Gasteiger partial charge is 0.257 e. The summed E-state index contributed by atoms with van der Waals surface area (Å²) >= 11 is 0. The first-order chi connectivity index (χ1) is 15.2. The predicted molar refractivity (Wildman–Crippen MR) is 122 cm³/mol. The van der Waals surface area contributed by atoms with Gasteiger partial charge in [0.15, 0.2) is 0 Å². The zero-order valence-electron chi connectivity index (χ0n) is 18.5. The summed E-state index contributed by atoms with van der Waals surface area (Å²) in [5, 5.41) is 2.79. The molecule has 0 aliphatic carbocycles. The van der Waals surface area contributed by atoms with Crippen molar-refractivity contribution in [2.24, 2.45) is 0 Å². The number of carbonyl (C=O) groups is 2. The number of anilines is 1. The molecule has 164 valence electrons. The van der Waals surface area contributed by atoms with Crippen LogP contribution in [0, 0.1) is 0 Å². The van der Waals surface area contributed by atoms with Crippen molar-refractivity contribution in [3.63, 3.8) is 0 Å². The minimum absolute atomic E-state index is 0.0826. The molecule has 0 unspecified atom stereocenters. The Balaban J connectivity index is 1.64. The van der Waals surface area contributed by atoms with Gasteiger partial charge in [0.05, 0.1) is 0 Å². The van der Waals surface area contributed by atoms with Crippen molar-refractivity contribution in [2.75, 3.05) is 19.4 Å². The van der Waals surface area contributed by atoms with Gasteiger partial charge in [0.25, 0.3) is 11.8 Å². The van der Waals surface area contributed by atoms with Crippen molar-refractivity contribution in [1.29, 1.82) is 0 Å². The maximum absolute atomic E-state index is 12.9. The van der Waals surface area contributed by atoms with E-state index >= 15 is 0 Å². The van der Waals surface area contributed by atoms with Crippen molar-refractivity contribution in [1.82, 2.24) is 9.88 Å². The van der Waals surface area contributed by atoms with Crippen LogP contribution in [0.3, 0.4) is 0 Å². The summed E-state index contributed by atoms with van der Waals surface area (Å²) < 4.78 is 12.2. The van der Waals surface area contributed by atoms with E-state index in [-0.39, 0.29) is 11.8 Å². The van der Waals surface area contributed by atoms with Gasteiger partial charge in [-0.2, -0.15) is 0 Å². The Labute approximate surface area is 187 Å². The van der Waals surface area contributed by atoms with Gasteiger partial charge in [-0.1, -0.05) is 6.07 Å². The van der Waals surface area contributed by atoms with Gasteiger partial charge < -0.3 is 19.7 Å². The van der Waals surface area contributed by atoms with Crippen LogP contribution >= 0.6 is 0 Å². The number of pyridine rings is 1. The fourth-order valence-corrected chi connectivity index (χ4v) is 3.54. The number of rotatable bonds is 5. The van der Waals surface area contributed by atoms with E-state index in [0.717, 1.165) is 5.56 Å². The van der Waals surface area contributed by atoms with Crippen LogP contribution < -0.4 is 14.8 Å². The number of hydrogen-bond acceptors (Lipinski definition) is 5. The highest BCUT2D eigenvalue weighted by Crippen LogP contribution is 2.43. The van der Waals surface area contributed by atoms with Crippen LogP contribution in [-0.2, 0) is 6.42 Å². The fraction of sp³-hybridized carbons (Fsp3) is 0.240. The molecule has 32 heavy (non-hydrogen) atoms. The number of ether oxygens (including phenoxy) is 2. The Bertz CT molecular complexity index is 1160. The van der Waals surface area contributed by atoms with E-state index in [1.54, 1.807) is 74.9 Å². The van der Waals surface area contributed by atoms with Crippen LogP contribution in [0.5, 0.6) is 17.2 Å². The van der Waals surface area contributed by atoms with Crippen LogP contribution in [0.2, 0.25) is 0 Å². The number of carbonyl (C=O) groups excluding carboxylic acids is 2. The van der Waals surface area contributed by atoms with Gasteiger partial charge in [-0.25, -0.2) is 4.98 Å². The summed E-state index contributed by atoms with van der Waals surface area (Å²) in [6.07, 6.45) is 2.26. The minimum atomic E-state index is -0.404. The van der Waals surface area contributed by atoms with Gasteiger partial charge in [0.2, 0.25) is 0 Å². The topological polar surface area (TPSA) is 80.8 Å². The van der Waals surface area contributed by atoms with Crippen molar-refractivity contribution >= 4 is 17.6 Å². The molecule has 0 saturated carbocycles. The summed E-state index contributed by atoms with van der Waals surface area (Å²) in [5.41, 5.74) is 1.47. The van der Waals surface area contributed by atoms with E-state index < -0.39 is 5.60 Å². The molecule has 7 nitrogen and oxygen atoms in total. The zero-order chi connectivity index (χ0) is 22.9. The third kappa shape index (κ3) is 4.56. The lowest BCUT2D eigenvalue weighted by atomic mass is 9.99. The summed E-state index contributed by atoms with van der Waals surface area (Å²) in [5.74, 6) is 1.80. The highest BCUT2D eigenvalue weighted by Gasteiger charge is 2.34. The molecule has 0 atom stereocenters. The van der Waals surface area contributed by atoms with Crippen LogP contribution in [-0.4, -0.2) is 41.4 Å². The van der Waals surface area contributed by atoms with Crippen LogP contribution in [0.15, 0.2) is 60.8 Å². The van der Waals surface area contributed by atoms with E-state index in [2.05, 4.69) is 10.3 Å². The van der Waals surface area contributed by atoms with E-state index in [4.69, 9.17) is 9.47 Å². The molecule has 1 aromatic heterocycles. The molecule has 2 heterocycles. The molecule has 1 aliphatic heterocycles. The van der Waals surface area contributed by atoms with Crippen LogP contribution in [0.1, 0.15) is 40.1 Å². The molecule has 0 fully saturated rings. The molecular formula is C25H25N3O4. The molecular weight excluding hydrogens is 406 g/mol. The van der Waals surface area contributed by atoms with Crippen LogP contribution in [0.25, 0.3) is 0 Å². The van der Waals surface area contributed by atoms with Crippen molar-refractivity contribution in [3.05, 3.63) is 77.5 Å².